The fourth-order valence-corrected chi connectivity index (χ4v) is 0.844. The van der Waals surface area contributed by atoms with E-state index < -0.39 is 0 Å². The lowest BCUT2D eigenvalue weighted by atomic mass is 10.4. The van der Waals surface area contributed by atoms with E-state index in [0.717, 1.165) is 11.4 Å². The Hall–Kier alpha value is -0.440. The second-order valence-electron chi connectivity index (χ2n) is 2.23. The highest BCUT2D eigenvalue weighted by molar-refractivity contribution is 9.09. The van der Waals surface area contributed by atoms with Crippen LogP contribution in [0.25, 0.3) is 0 Å². The minimum absolute atomic E-state index is 0.244. The minimum atomic E-state index is 0.244. The Balaban J connectivity index is 2.89. The highest BCUT2D eigenvalue weighted by Crippen LogP contribution is 2.15. The maximum absolute atomic E-state index is 4.12. The monoisotopic (exact) mass is 200 g/mol. The predicted octanol–water partition coefficient (Wildman–Crippen LogP) is 2.24. The van der Waals surface area contributed by atoms with Gasteiger partial charge in [0.05, 0.1) is 4.83 Å². The van der Waals surface area contributed by atoms with E-state index in [1.807, 2.05) is 26.2 Å². The third-order valence-corrected chi connectivity index (χ3v) is 1.57. The summed E-state index contributed by atoms with van der Waals surface area (Å²) in [5.41, 5.74) is 1.09. The third-order valence-electron chi connectivity index (χ3n) is 1.16. The van der Waals surface area contributed by atoms with E-state index in [1.54, 1.807) is 0 Å². The molecule has 1 heterocycles. The molecule has 0 aromatic carbocycles. The maximum Gasteiger partial charge on any atom is 0.141 e. The van der Waals surface area contributed by atoms with E-state index in [2.05, 4.69) is 25.9 Å². The molecule has 0 radical (unpaired) electrons. The Kier molecular flexibility index (Phi) is 2.38. The van der Waals surface area contributed by atoms with E-state index in [4.69, 9.17) is 0 Å². The van der Waals surface area contributed by atoms with Crippen molar-refractivity contribution in [3.05, 3.63) is 23.8 Å². The first kappa shape index (κ1) is 7.66. The molecular weight excluding hydrogens is 192 g/mol. The number of halogens is 1. The van der Waals surface area contributed by atoms with Gasteiger partial charge in [-0.25, -0.2) is 9.97 Å². The molecule has 1 aromatic heterocycles. The van der Waals surface area contributed by atoms with Gasteiger partial charge in [-0.05, 0) is 19.4 Å². The standard InChI is InChI=1S/C7H9BrN2/c1-5-3-9-7(6(2)8)10-4-5/h3-4,6H,1-2H3. The summed E-state index contributed by atoms with van der Waals surface area (Å²) in [5.74, 6) is 0.839. The molecule has 10 heavy (non-hydrogen) atoms. The minimum Gasteiger partial charge on any atom is -0.240 e. The number of hydrogen-bond donors (Lipinski definition) is 0. The van der Waals surface area contributed by atoms with Crippen molar-refractivity contribution < 1.29 is 0 Å². The van der Waals surface area contributed by atoms with Gasteiger partial charge in [-0.2, -0.15) is 0 Å². The van der Waals surface area contributed by atoms with Crippen LogP contribution in [0.15, 0.2) is 12.4 Å². The smallest absolute Gasteiger partial charge is 0.141 e. The van der Waals surface area contributed by atoms with Crippen LogP contribution < -0.4 is 0 Å². The zero-order chi connectivity index (χ0) is 7.56. The van der Waals surface area contributed by atoms with E-state index in [9.17, 15) is 0 Å². The van der Waals surface area contributed by atoms with Gasteiger partial charge in [-0.1, -0.05) is 15.9 Å². The summed E-state index contributed by atoms with van der Waals surface area (Å²) in [4.78, 5) is 8.48. The number of rotatable bonds is 1. The second-order valence-corrected chi connectivity index (χ2v) is 3.61. The van der Waals surface area contributed by atoms with E-state index in [-0.39, 0.29) is 4.83 Å². The number of nitrogens with zero attached hydrogens (tertiary/aromatic N) is 2. The Bertz CT molecular complexity index is 205. The molecule has 0 saturated carbocycles. The van der Waals surface area contributed by atoms with Gasteiger partial charge in [-0.15, -0.1) is 0 Å². The summed E-state index contributed by atoms with van der Waals surface area (Å²) in [5, 5.41) is 0. The largest absolute Gasteiger partial charge is 0.240 e. The van der Waals surface area contributed by atoms with Crippen LogP contribution in [0, 0.1) is 6.92 Å². The molecule has 0 N–H and O–H groups in total. The zero-order valence-corrected chi connectivity index (χ0v) is 7.59. The van der Waals surface area contributed by atoms with E-state index in [0.29, 0.717) is 0 Å². The molecule has 0 saturated heterocycles. The Morgan fingerprint density at radius 3 is 2.30 bits per heavy atom. The highest BCUT2D eigenvalue weighted by atomic mass is 79.9. The number of hydrogen-bond acceptors (Lipinski definition) is 2. The summed E-state index contributed by atoms with van der Waals surface area (Å²) >= 11 is 3.38. The lowest BCUT2D eigenvalue weighted by Crippen LogP contribution is -1.93. The number of aryl methyl sites for hydroxylation is 1. The molecule has 54 valence electrons. The van der Waals surface area contributed by atoms with E-state index in [1.165, 1.54) is 0 Å². The first-order chi connectivity index (χ1) is 4.70. The highest BCUT2D eigenvalue weighted by Gasteiger charge is 2.01. The summed E-state index contributed by atoms with van der Waals surface area (Å²) in [7, 11) is 0. The van der Waals surface area contributed by atoms with Crippen LogP contribution in [0.4, 0.5) is 0 Å². The average molecular weight is 201 g/mol. The maximum atomic E-state index is 4.12. The van der Waals surface area contributed by atoms with Gasteiger partial charge in [0.1, 0.15) is 5.82 Å². The molecule has 0 aliphatic carbocycles. The number of aromatic nitrogens is 2. The Morgan fingerprint density at radius 2 is 1.90 bits per heavy atom. The molecule has 3 heteroatoms. The summed E-state index contributed by atoms with van der Waals surface area (Å²) in [6.45, 7) is 3.98. The van der Waals surface area contributed by atoms with Gasteiger partial charge in [0, 0.05) is 12.4 Å². The van der Waals surface area contributed by atoms with Crippen molar-refractivity contribution >= 4 is 15.9 Å². The molecule has 2 nitrogen and oxygen atoms in total. The fourth-order valence-electron chi connectivity index (χ4n) is 0.608. The van der Waals surface area contributed by atoms with Crippen LogP contribution in [0.1, 0.15) is 23.1 Å². The zero-order valence-electron chi connectivity index (χ0n) is 6.00. The first-order valence-electron chi connectivity index (χ1n) is 3.13. The topological polar surface area (TPSA) is 25.8 Å². The Labute approximate surface area is 68.8 Å². The van der Waals surface area contributed by atoms with Gasteiger partial charge < -0.3 is 0 Å². The van der Waals surface area contributed by atoms with Crippen LogP contribution >= 0.6 is 15.9 Å². The van der Waals surface area contributed by atoms with Crippen LogP contribution in [-0.2, 0) is 0 Å². The molecule has 1 rings (SSSR count). The van der Waals surface area contributed by atoms with Gasteiger partial charge >= 0.3 is 0 Å². The van der Waals surface area contributed by atoms with Crippen molar-refractivity contribution in [2.75, 3.05) is 0 Å². The van der Waals surface area contributed by atoms with Crippen molar-refractivity contribution in [3.8, 4) is 0 Å². The normalized spacial score (nSPS) is 13.1. The molecule has 0 spiro atoms. The molecule has 0 amide bonds. The summed E-state index contributed by atoms with van der Waals surface area (Å²) in [6.07, 6.45) is 3.64. The third kappa shape index (κ3) is 1.77. The van der Waals surface area contributed by atoms with Crippen molar-refractivity contribution in [2.24, 2.45) is 0 Å². The predicted molar refractivity (Wildman–Crippen MR) is 44.1 cm³/mol. The van der Waals surface area contributed by atoms with Crippen LogP contribution in [-0.4, -0.2) is 9.97 Å². The second kappa shape index (κ2) is 3.10. The lowest BCUT2D eigenvalue weighted by Gasteiger charge is -1.99. The molecule has 1 atom stereocenters. The number of alkyl halides is 1. The van der Waals surface area contributed by atoms with Gasteiger partial charge in [0.25, 0.3) is 0 Å². The van der Waals surface area contributed by atoms with Crippen LogP contribution in [0.3, 0.4) is 0 Å². The molecule has 0 bridgehead atoms. The Morgan fingerprint density at radius 1 is 1.40 bits per heavy atom. The molecule has 1 unspecified atom stereocenters. The SMILES string of the molecule is Cc1cnc(C(C)Br)nc1. The lowest BCUT2D eigenvalue weighted by molar-refractivity contribution is 0.922. The van der Waals surface area contributed by atoms with Crippen molar-refractivity contribution in [1.29, 1.82) is 0 Å². The summed E-state index contributed by atoms with van der Waals surface area (Å²) in [6, 6.07) is 0. The summed E-state index contributed by atoms with van der Waals surface area (Å²) < 4.78 is 0. The molecule has 0 fully saturated rings. The molecule has 0 aliphatic heterocycles. The molecule has 1 aromatic rings. The van der Waals surface area contributed by atoms with Crippen molar-refractivity contribution in [2.45, 2.75) is 18.7 Å². The first-order valence-corrected chi connectivity index (χ1v) is 4.04. The quantitative estimate of drug-likeness (QED) is 0.651. The van der Waals surface area contributed by atoms with E-state index >= 15 is 0 Å². The van der Waals surface area contributed by atoms with Crippen LogP contribution in [0.5, 0.6) is 0 Å². The fraction of sp³-hybridized carbons (Fsp3) is 0.429. The van der Waals surface area contributed by atoms with Gasteiger partial charge in [0.2, 0.25) is 0 Å². The molecule has 0 aliphatic rings. The van der Waals surface area contributed by atoms with Crippen molar-refractivity contribution in [3.63, 3.8) is 0 Å². The molecular formula is C7H9BrN2. The van der Waals surface area contributed by atoms with Gasteiger partial charge in [-0.3, -0.25) is 0 Å². The van der Waals surface area contributed by atoms with Gasteiger partial charge in [0.15, 0.2) is 0 Å². The van der Waals surface area contributed by atoms with Crippen LogP contribution in [0.2, 0.25) is 0 Å². The van der Waals surface area contributed by atoms with Crippen molar-refractivity contribution in [1.82, 2.24) is 9.97 Å². The average Bonchev–Trinajstić information content (AvgIpc) is 1.88.